The van der Waals surface area contributed by atoms with E-state index in [4.69, 9.17) is 15.2 Å². The number of thioether (sulfide) groups is 1. The van der Waals surface area contributed by atoms with Gasteiger partial charge in [-0.1, -0.05) is 11.8 Å². The maximum atomic E-state index is 5.74. The Morgan fingerprint density at radius 1 is 1.29 bits per heavy atom. The fourth-order valence-corrected chi connectivity index (χ4v) is 2.23. The van der Waals surface area contributed by atoms with Crippen LogP contribution in [0.5, 0.6) is 0 Å². The molecule has 2 N–H and O–H groups in total. The van der Waals surface area contributed by atoms with Gasteiger partial charge in [-0.2, -0.15) is 0 Å². The van der Waals surface area contributed by atoms with Gasteiger partial charge in [-0.3, -0.25) is 4.57 Å². The van der Waals surface area contributed by atoms with E-state index in [1.54, 1.807) is 18.9 Å². The van der Waals surface area contributed by atoms with Gasteiger partial charge >= 0.3 is 0 Å². The number of ether oxygens (including phenoxy) is 2. The molecule has 0 saturated heterocycles. The maximum Gasteiger partial charge on any atom is 0.222 e. The topological polar surface area (TPSA) is 75.2 Å². The third-order valence-electron chi connectivity index (χ3n) is 2.10. The van der Waals surface area contributed by atoms with Crippen molar-refractivity contribution in [3.05, 3.63) is 0 Å². The predicted octanol–water partition coefficient (Wildman–Crippen LogP) is 1.20. The van der Waals surface area contributed by atoms with Crippen molar-refractivity contribution in [2.24, 2.45) is 0 Å². The standard InChI is InChI=1S/C10H20N4O2S/c1-8(2)14-9(11)12-13-10(14)17-7-6-16-5-4-15-3/h8H,4-7H2,1-3H3,(H2,11,12). The van der Waals surface area contributed by atoms with Gasteiger partial charge in [0.1, 0.15) is 0 Å². The molecular weight excluding hydrogens is 240 g/mol. The van der Waals surface area contributed by atoms with Gasteiger partial charge in [0.05, 0.1) is 19.8 Å². The van der Waals surface area contributed by atoms with E-state index in [0.29, 0.717) is 25.8 Å². The summed E-state index contributed by atoms with van der Waals surface area (Å²) in [5, 5.41) is 8.76. The molecule has 0 amide bonds. The van der Waals surface area contributed by atoms with E-state index in [0.717, 1.165) is 10.9 Å². The quantitative estimate of drug-likeness (QED) is 0.559. The molecular formula is C10H20N4O2S. The Kier molecular flexibility index (Phi) is 6.31. The fourth-order valence-electron chi connectivity index (χ4n) is 1.31. The van der Waals surface area contributed by atoms with Crippen LogP contribution in [0.25, 0.3) is 0 Å². The van der Waals surface area contributed by atoms with Gasteiger partial charge in [0.25, 0.3) is 0 Å². The molecule has 0 atom stereocenters. The number of rotatable bonds is 8. The van der Waals surface area contributed by atoms with Crippen LogP contribution in [-0.2, 0) is 9.47 Å². The number of nitrogen functional groups attached to an aromatic ring is 1. The first kappa shape index (κ1) is 14.3. The highest BCUT2D eigenvalue weighted by Gasteiger charge is 2.12. The Labute approximate surface area is 106 Å². The van der Waals surface area contributed by atoms with E-state index >= 15 is 0 Å². The Morgan fingerprint density at radius 3 is 2.71 bits per heavy atom. The van der Waals surface area contributed by atoms with Crippen molar-refractivity contribution in [1.29, 1.82) is 0 Å². The van der Waals surface area contributed by atoms with Crippen LogP contribution in [0.15, 0.2) is 5.16 Å². The van der Waals surface area contributed by atoms with Crippen LogP contribution in [0, 0.1) is 0 Å². The SMILES string of the molecule is COCCOCCSc1nnc(N)n1C(C)C. The largest absolute Gasteiger partial charge is 0.382 e. The molecule has 1 aromatic rings. The summed E-state index contributed by atoms with van der Waals surface area (Å²) in [6.07, 6.45) is 0. The zero-order valence-electron chi connectivity index (χ0n) is 10.5. The average Bonchev–Trinajstić information content (AvgIpc) is 2.65. The molecule has 7 heteroatoms. The molecule has 0 aliphatic carbocycles. The number of nitrogens with two attached hydrogens (primary N) is 1. The molecule has 0 fully saturated rings. The molecule has 6 nitrogen and oxygen atoms in total. The number of aromatic nitrogens is 3. The Morgan fingerprint density at radius 2 is 2.06 bits per heavy atom. The minimum Gasteiger partial charge on any atom is -0.382 e. The van der Waals surface area contributed by atoms with Crippen molar-refractivity contribution >= 4 is 17.7 Å². The summed E-state index contributed by atoms with van der Waals surface area (Å²) in [6, 6.07) is 0.266. The van der Waals surface area contributed by atoms with Gasteiger partial charge in [-0.05, 0) is 13.8 Å². The van der Waals surface area contributed by atoms with Crippen LogP contribution in [-0.4, -0.2) is 47.4 Å². The maximum absolute atomic E-state index is 5.74. The van der Waals surface area contributed by atoms with Crippen LogP contribution in [0.1, 0.15) is 19.9 Å². The molecule has 1 aromatic heterocycles. The van der Waals surface area contributed by atoms with Gasteiger partial charge in [0.2, 0.25) is 5.95 Å². The van der Waals surface area contributed by atoms with Gasteiger partial charge in [0, 0.05) is 18.9 Å². The summed E-state index contributed by atoms with van der Waals surface area (Å²) < 4.78 is 12.2. The van der Waals surface area contributed by atoms with Crippen molar-refractivity contribution in [2.45, 2.75) is 25.0 Å². The lowest BCUT2D eigenvalue weighted by molar-refractivity contribution is 0.0790. The monoisotopic (exact) mass is 260 g/mol. The number of hydrogen-bond donors (Lipinski definition) is 1. The van der Waals surface area contributed by atoms with Crippen LogP contribution in [0.3, 0.4) is 0 Å². The number of anilines is 1. The second-order valence-electron chi connectivity index (χ2n) is 3.76. The van der Waals surface area contributed by atoms with Gasteiger partial charge < -0.3 is 15.2 Å². The molecule has 0 unspecified atom stereocenters. The second kappa shape index (κ2) is 7.52. The van der Waals surface area contributed by atoms with Crippen molar-refractivity contribution in [3.8, 4) is 0 Å². The lowest BCUT2D eigenvalue weighted by Gasteiger charge is -2.11. The van der Waals surface area contributed by atoms with Crippen LogP contribution >= 0.6 is 11.8 Å². The van der Waals surface area contributed by atoms with Crippen LogP contribution in [0.2, 0.25) is 0 Å². The van der Waals surface area contributed by atoms with Gasteiger partial charge in [-0.15, -0.1) is 10.2 Å². The highest BCUT2D eigenvalue weighted by atomic mass is 32.2. The van der Waals surface area contributed by atoms with Gasteiger partial charge in [-0.25, -0.2) is 0 Å². The Balaban J connectivity index is 2.32. The summed E-state index contributed by atoms with van der Waals surface area (Å²) in [4.78, 5) is 0. The molecule has 0 saturated carbocycles. The first-order valence-corrected chi connectivity index (χ1v) is 6.55. The molecule has 17 heavy (non-hydrogen) atoms. The van der Waals surface area contributed by atoms with Crippen molar-refractivity contribution in [2.75, 3.05) is 38.4 Å². The van der Waals surface area contributed by atoms with Crippen molar-refractivity contribution < 1.29 is 9.47 Å². The van der Waals surface area contributed by atoms with E-state index in [9.17, 15) is 0 Å². The predicted molar refractivity (Wildman–Crippen MR) is 68.2 cm³/mol. The fraction of sp³-hybridized carbons (Fsp3) is 0.800. The molecule has 98 valence electrons. The molecule has 0 aliphatic rings. The summed E-state index contributed by atoms with van der Waals surface area (Å²) in [6.45, 7) is 6.02. The van der Waals surface area contributed by atoms with E-state index < -0.39 is 0 Å². The minimum atomic E-state index is 0.266. The van der Waals surface area contributed by atoms with E-state index in [2.05, 4.69) is 24.0 Å². The van der Waals surface area contributed by atoms with Gasteiger partial charge in [0.15, 0.2) is 5.16 Å². The first-order valence-electron chi connectivity index (χ1n) is 5.56. The molecule has 0 aromatic carbocycles. The summed E-state index contributed by atoms with van der Waals surface area (Å²) in [5.74, 6) is 1.29. The molecule has 0 spiro atoms. The summed E-state index contributed by atoms with van der Waals surface area (Å²) in [7, 11) is 1.66. The van der Waals surface area contributed by atoms with E-state index in [-0.39, 0.29) is 6.04 Å². The molecule has 1 heterocycles. The van der Waals surface area contributed by atoms with Crippen molar-refractivity contribution in [1.82, 2.24) is 14.8 Å². The molecule has 0 bridgehead atoms. The highest BCUT2D eigenvalue weighted by Crippen LogP contribution is 2.22. The lowest BCUT2D eigenvalue weighted by Crippen LogP contribution is -2.08. The zero-order chi connectivity index (χ0) is 12.7. The summed E-state index contributed by atoms with van der Waals surface area (Å²) >= 11 is 1.60. The van der Waals surface area contributed by atoms with Crippen molar-refractivity contribution in [3.63, 3.8) is 0 Å². The highest BCUT2D eigenvalue weighted by molar-refractivity contribution is 7.99. The van der Waals surface area contributed by atoms with Crippen LogP contribution in [0.4, 0.5) is 5.95 Å². The normalized spacial score (nSPS) is 11.3. The van der Waals surface area contributed by atoms with E-state index in [1.807, 2.05) is 4.57 Å². The number of hydrogen-bond acceptors (Lipinski definition) is 6. The molecule has 1 rings (SSSR count). The third kappa shape index (κ3) is 4.53. The Bertz CT molecular complexity index is 330. The second-order valence-corrected chi connectivity index (χ2v) is 4.82. The first-order chi connectivity index (χ1) is 8.16. The lowest BCUT2D eigenvalue weighted by atomic mass is 10.4. The number of nitrogens with zero attached hydrogens (tertiary/aromatic N) is 3. The molecule has 0 aliphatic heterocycles. The number of methoxy groups -OCH3 is 1. The van der Waals surface area contributed by atoms with Crippen LogP contribution < -0.4 is 5.73 Å². The Hall–Kier alpha value is -0.790. The zero-order valence-corrected chi connectivity index (χ0v) is 11.4. The minimum absolute atomic E-state index is 0.266. The summed E-state index contributed by atoms with van der Waals surface area (Å²) in [5.41, 5.74) is 5.74. The molecule has 0 radical (unpaired) electrons. The third-order valence-corrected chi connectivity index (χ3v) is 3.01. The van der Waals surface area contributed by atoms with E-state index in [1.165, 1.54) is 0 Å². The average molecular weight is 260 g/mol. The smallest absolute Gasteiger partial charge is 0.222 e.